The zero-order chi connectivity index (χ0) is 10.9. The molecule has 0 amide bonds. The van der Waals surface area contributed by atoms with Gasteiger partial charge >= 0.3 is 0 Å². The first-order valence-electron chi connectivity index (χ1n) is 5.30. The first-order chi connectivity index (χ1) is 7.38. The fourth-order valence-electron chi connectivity index (χ4n) is 1.54. The van der Waals surface area contributed by atoms with Crippen molar-refractivity contribution in [1.82, 2.24) is 4.98 Å². The van der Waals surface area contributed by atoms with E-state index in [1.807, 2.05) is 12.4 Å². The quantitative estimate of drug-likeness (QED) is 0.540. The molecule has 82 valence electrons. The Labute approximate surface area is 90.5 Å². The van der Waals surface area contributed by atoms with E-state index in [0.29, 0.717) is 6.42 Å². The number of nitriles is 1. The number of aromatic amines is 1. The van der Waals surface area contributed by atoms with E-state index in [9.17, 15) is 0 Å². The Morgan fingerprint density at radius 1 is 1.53 bits per heavy atom. The highest BCUT2D eigenvalue weighted by Gasteiger charge is 2.08. The highest BCUT2D eigenvalue weighted by molar-refractivity contribution is 4.80. The lowest BCUT2D eigenvalue weighted by molar-refractivity contribution is -0.703. The van der Waals surface area contributed by atoms with E-state index in [2.05, 4.69) is 15.6 Å². The number of unbranched alkanes of at least 4 members (excludes halogenated alkanes) is 1. The van der Waals surface area contributed by atoms with Crippen LogP contribution in [0, 0.1) is 11.3 Å². The monoisotopic (exact) mass is 208 g/mol. The lowest BCUT2D eigenvalue weighted by Crippen LogP contribution is -2.36. The van der Waals surface area contributed by atoms with Crippen molar-refractivity contribution >= 4 is 0 Å². The summed E-state index contributed by atoms with van der Waals surface area (Å²) in [5.74, 6) is 1.20. The molecule has 0 atom stereocenters. The van der Waals surface area contributed by atoms with Crippen LogP contribution in [0.2, 0.25) is 0 Å². The molecule has 0 aromatic carbocycles. The molecule has 1 heterocycles. The lowest BCUT2D eigenvalue weighted by Gasteiger charge is -1.99. The fraction of sp³-hybridized carbons (Fsp3) is 0.636. The third-order valence-electron chi connectivity index (χ3n) is 2.30. The topological polar surface area (TPSA) is 52.7 Å². The summed E-state index contributed by atoms with van der Waals surface area (Å²) in [7, 11) is 1.72. The van der Waals surface area contributed by atoms with Gasteiger partial charge in [0.1, 0.15) is 12.4 Å². The molecule has 15 heavy (non-hydrogen) atoms. The van der Waals surface area contributed by atoms with Crippen LogP contribution < -0.4 is 4.57 Å². The molecule has 0 aliphatic heterocycles. The van der Waals surface area contributed by atoms with Gasteiger partial charge in [-0.25, -0.2) is 9.55 Å². The fourth-order valence-corrected chi connectivity index (χ4v) is 1.54. The Hall–Kier alpha value is -1.34. The van der Waals surface area contributed by atoms with Gasteiger partial charge in [-0.2, -0.15) is 5.26 Å². The SMILES string of the molecule is COCCC[n+]1cc[nH]c1CCCC#N. The van der Waals surface area contributed by atoms with E-state index < -0.39 is 0 Å². The molecule has 4 heteroatoms. The van der Waals surface area contributed by atoms with Gasteiger partial charge in [-0.1, -0.05) is 0 Å². The van der Waals surface area contributed by atoms with Gasteiger partial charge in [-0.3, -0.25) is 0 Å². The molecule has 0 spiro atoms. The zero-order valence-electron chi connectivity index (χ0n) is 9.20. The molecule has 1 aromatic heterocycles. The standard InChI is InChI=1S/C11H17N3O/c1-15-10-4-8-14-9-7-13-11(14)5-2-3-6-12/h7,9H,2-5,8,10H2,1H3/p+1. The number of ether oxygens (including phenoxy) is 1. The maximum atomic E-state index is 8.45. The van der Waals surface area contributed by atoms with Crippen molar-refractivity contribution in [3.8, 4) is 6.07 Å². The summed E-state index contributed by atoms with van der Waals surface area (Å²) in [6.07, 6.45) is 7.47. The predicted molar refractivity (Wildman–Crippen MR) is 56.0 cm³/mol. The second kappa shape index (κ2) is 7.02. The third kappa shape index (κ3) is 4.13. The summed E-state index contributed by atoms with van der Waals surface area (Å²) in [6.45, 7) is 1.76. The van der Waals surface area contributed by atoms with Crippen LogP contribution in [-0.2, 0) is 17.7 Å². The molecule has 0 aliphatic rings. The highest BCUT2D eigenvalue weighted by atomic mass is 16.5. The summed E-state index contributed by atoms with van der Waals surface area (Å²) in [4.78, 5) is 3.20. The number of aromatic nitrogens is 2. The van der Waals surface area contributed by atoms with Gasteiger partial charge in [-0.05, 0) is 6.42 Å². The molecule has 4 nitrogen and oxygen atoms in total. The van der Waals surface area contributed by atoms with Gasteiger partial charge in [0, 0.05) is 26.6 Å². The summed E-state index contributed by atoms with van der Waals surface area (Å²) in [5.41, 5.74) is 0. The molecule has 0 radical (unpaired) electrons. The summed E-state index contributed by atoms with van der Waals surface area (Å²) >= 11 is 0. The average molecular weight is 208 g/mol. The number of aryl methyl sites for hydroxylation is 2. The number of H-pyrrole nitrogens is 1. The number of nitrogens with zero attached hydrogens (tertiary/aromatic N) is 2. The van der Waals surface area contributed by atoms with E-state index in [1.165, 1.54) is 5.82 Å². The van der Waals surface area contributed by atoms with Crippen molar-refractivity contribution in [2.75, 3.05) is 13.7 Å². The zero-order valence-corrected chi connectivity index (χ0v) is 9.20. The number of imidazole rings is 1. The Morgan fingerprint density at radius 2 is 2.40 bits per heavy atom. The van der Waals surface area contributed by atoms with Gasteiger partial charge < -0.3 is 4.74 Å². The number of hydrogen-bond donors (Lipinski definition) is 1. The van der Waals surface area contributed by atoms with Crippen molar-refractivity contribution in [1.29, 1.82) is 5.26 Å². The maximum absolute atomic E-state index is 8.45. The minimum atomic E-state index is 0.622. The lowest BCUT2D eigenvalue weighted by atomic mass is 10.2. The van der Waals surface area contributed by atoms with Crippen molar-refractivity contribution in [2.45, 2.75) is 32.2 Å². The molecular weight excluding hydrogens is 190 g/mol. The van der Waals surface area contributed by atoms with Crippen molar-refractivity contribution < 1.29 is 9.30 Å². The summed E-state index contributed by atoms with van der Waals surface area (Å²) in [6, 6.07) is 2.16. The van der Waals surface area contributed by atoms with E-state index in [4.69, 9.17) is 10.00 Å². The predicted octanol–water partition coefficient (Wildman–Crippen LogP) is 1.18. The molecule has 1 N–H and O–H groups in total. The van der Waals surface area contributed by atoms with Crippen molar-refractivity contribution in [2.24, 2.45) is 0 Å². The normalized spacial score (nSPS) is 10.1. The molecule has 0 bridgehead atoms. The Balaban J connectivity index is 2.36. The highest BCUT2D eigenvalue weighted by Crippen LogP contribution is 1.97. The van der Waals surface area contributed by atoms with Crippen LogP contribution in [0.1, 0.15) is 25.1 Å². The molecule has 0 saturated heterocycles. The van der Waals surface area contributed by atoms with Crippen LogP contribution in [0.5, 0.6) is 0 Å². The molecule has 1 rings (SSSR count). The van der Waals surface area contributed by atoms with E-state index in [1.54, 1.807) is 7.11 Å². The van der Waals surface area contributed by atoms with Crippen molar-refractivity contribution in [3.05, 3.63) is 18.2 Å². The van der Waals surface area contributed by atoms with Crippen LogP contribution in [0.25, 0.3) is 0 Å². The third-order valence-corrected chi connectivity index (χ3v) is 2.30. The Morgan fingerprint density at radius 3 is 3.13 bits per heavy atom. The number of hydrogen-bond acceptors (Lipinski definition) is 2. The molecule has 1 aromatic rings. The van der Waals surface area contributed by atoms with Gasteiger partial charge in [0.15, 0.2) is 0 Å². The average Bonchev–Trinajstić information content (AvgIpc) is 2.67. The van der Waals surface area contributed by atoms with Crippen LogP contribution >= 0.6 is 0 Å². The largest absolute Gasteiger partial charge is 0.385 e. The van der Waals surface area contributed by atoms with Gasteiger partial charge in [0.25, 0.3) is 5.82 Å². The Kier molecular flexibility index (Phi) is 5.49. The van der Waals surface area contributed by atoms with E-state index in [-0.39, 0.29) is 0 Å². The van der Waals surface area contributed by atoms with Gasteiger partial charge in [-0.15, -0.1) is 0 Å². The molecular formula is C11H18N3O+. The van der Waals surface area contributed by atoms with Gasteiger partial charge in [0.05, 0.1) is 19.0 Å². The van der Waals surface area contributed by atoms with E-state index >= 15 is 0 Å². The van der Waals surface area contributed by atoms with Gasteiger partial charge in [0.2, 0.25) is 0 Å². The summed E-state index contributed by atoms with van der Waals surface area (Å²) < 4.78 is 7.20. The minimum absolute atomic E-state index is 0.622. The second-order valence-corrected chi connectivity index (χ2v) is 3.46. The van der Waals surface area contributed by atoms with Crippen LogP contribution in [0.15, 0.2) is 12.4 Å². The maximum Gasteiger partial charge on any atom is 0.254 e. The number of rotatable bonds is 7. The summed E-state index contributed by atoms with van der Waals surface area (Å²) in [5, 5.41) is 8.45. The van der Waals surface area contributed by atoms with Crippen LogP contribution in [-0.4, -0.2) is 18.7 Å². The van der Waals surface area contributed by atoms with Crippen LogP contribution in [0.3, 0.4) is 0 Å². The van der Waals surface area contributed by atoms with Crippen molar-refractivity contribution in [3.63, 3.8) is 0 Å². The first-order valence-corrected chi connectivity index (χ1v) is 5.30. The van der Waals surface area contributed by atoms with Crippen LogP contribution in [0.4, 0.5) is 0 Å². The van der Waals surface area contributed by atoms with E-state index in [0.717, 1.165) is 32.4 Å². The number of methoxy groups -OCH3 is 1. The first kappa shape index (κ1) is 11.7. The Bertz CT molecular complexity index is 314. The molecule has 0 aliphatic carbocycles. The minimum Gasteiger partial charge on any atom is -0.385 e. The second-order valence-electron chi connectivity index (χ2n) is 3.46. The molecule has 0 fully saturated rings. The molecule has 0 saturated carbocycles. The molecule has 0 unspecified atom stereocenters. The smallest absolute Gasteiger partial charge is 0.254 e. The number of nitrogens with one attached hydrogen (secondary N) is 1.